The van der Waals surface area contributed by atoms with Crippen LogP contribution in [0.15, 0.2) is 60.8 Å². The number of ketones is 1. The van der Waals surface area contributed by atoms with Gasteiger partial charge < -0.3 is 29.4 Å². The molecule has 0 spiro atoms. The Labute approximate surface area is 203 Å². The van der Waals surface area contributed by atoms with Gasteiger partial charge in [-0.25, -0.2) is 4.39 Å². The maximum Gasteiger partial charge on any atom is 0.203 e. The maximum absolute atomic E-state index is 14.5. The number of anilines is 1. The predicted octanol–water partition coefficient (Wildman–Crippen LogP) is 5.54. The second kappa shape index (κ2) is 11.6. The van der Waals surface area contributed by atoms with Gasteiger partial charge in [-0.1, -0.05) is 12.2 Å². The van der Waals surface area contributed by atoms with Crippen molar-refractivity contribution in [3.8, 4) is 28.7 Å². The minimum Gasteiger partial charge on any atom is -0.508 e. The van der Waals surface area contributed by atoms with E-state index in [2.05, 4.69) is 5.32 Å². The number of aromatic hydroxyl groups is 1. The van der Waals surface area contributed by atoms with E-state index in [9.17, 15) is 14.3 Å². The van der Waals surface area contributed by atoms with Gasteiger partial charge in [0.05, 0.1) is 28.4 Å². The molecule has 3 aromatic rings. The van der Waals surface area contributed by atoms with Crippen LogP contribution in [0, 0.1) is 5.82 Å². The second-order valence-corrected chi connectivity index (χ2v) is 7.25. The third-order valence-electron chi connectivity index (χ3n) is 5.09. The lowest BCUT2D eigenvalue weighted by molar-refractivity contribution is 0.104. The summed E-state index contributed by atoms with van der Waals surface area (Å²) in [5.41, 5.74) is 2.18. The van der Waals surface area contributed by atoms with Crippen LogP contribution in [0.3, 0.4) is 0 Å². The van der Waals surface area contributed by atoms with Crippen molar-refractivity contribution in [2.45, 2.75) is 0 Å². The molecule has 0 fully saturated rings. The molecule has 0 saturated heterocycles. The van der Waals surface area contributed by atoms with Gasteiger partial charge in [0.25, 0.3) is 0 Å². The summed E-state index contributed by atoms with van der Waals surface area (Å²) >= 11 is 0. The molecule has 35 heavy (non-hydrogen) atoms. The summed E-state index contributed by atoms with van der Waals surface area (Å²) < 4.78 is 35.7. The average Bonchev–Trinajstić information content (AvgIpc) is 2.87. The standard InChI is InChI=1S/C27H26FNO6/c1-32-24-16-22(29-12-11-23(31)18-7-9-20(30)10-8-18)19(15-21(24)28)6-5-17-13-25(33-2)27(35-4)26(14-17)34-3/h5-16,29-30H,1-4H3. The Hall–Kier alpha value is -4.46. The number of benzene rings is 3. The highest BCUT2D eigenvalue weighted by Crippen LogP contribution is 2.39. The molecular weight excluding hydrogens is 453 g/mol. The van der Waals surface area contributed by atoms with Gasteiger partial charge in [0.2, 0.25) is 5.75 Å². The number of hydrogen-bond donors (Lipinski definition) is 2. The molecule has 0 atom stereocenters. The Bertz CT molecular complexity index is 1230. The van der Waals surface area contributed by atoms with Gasteiger partial charge in [0.1, 0.15) is 5.75 Å². The number of halogens is 1. The van der Waals surface area contributed by atoms with Crippen LogP contribution in [0.25, 0.3) is 12.2 Å². The quantitative estimate of drug-likeness (QED) is 0.224. The zero-order chi connectivity index (χ0) is 25.4. The maximum atomic E-state index is 14.5. The number of allylic oxidation sites excluding steroid dienone is 1. The van der Waals surface area contributed by atoms with Crippen molar-refractivity contribution in [1.82, 2.24) is 0 Å². The molecule has 0 aliphatic carbocycles. The van der Waals surface area contributed by atoms with Crippen molar-refractivity contribution >= 4 is 23.6 Å². The molecule has 0 aliphatic heterocycles. The fraction of sp³-hybridized carbons (Fsp3) is 0.148. The van der Waals surface area contributed by atoms with Gasteiger partial charge in [0, 0.05) is 35.2 Å². The van der Waals surface area contributed by atoms with Gasteiger partial charge in [-0.3, -0.25) is 4.79 Å². The molecule has 0 aliphatic rings. The van der Waals surface area contributed by atoms with Gasteiger partial charge >= 0.3 is 0 Å². The van der Waals surface area contributed by atoms with E-state index in [0.717, 1.165) is 5.56 Å². The highest BCUT2D eigenvalue weighted by Gasteiger charge is 2.13. The number of hydrogen-bond acceptors (Lipinski definition) is 7. The van der Waals surface area contributed by atoms with Crippen molar-refractivity contribution in [3.05, 3.63) is 83.3 Å². The van der Waals surface area contributed by atoms with Crippen LogP contribution in [0.2, 0.25) is 0 Å². The van der Waals surface area contributed by atoms with Gasteiger partial charge in [0.15, 0.2) is 28.8 Å². The lowest BCUT2D eigenvalue weighted by Gasteiger charge is -2.13. The van der Waals surface area contributed by atoms with E-state index < -0.39 is 5.82 Å². The lowest BCUT2D eigenvalue weighted by Crippen LogP contribution is -1.98. The molecule has 0 bridgehead atoms. The summed E-state index contributed by atoms with van der Waals surface area (Å²) in [5.74, 6) is 0.769. The van der Waals surface area contributed by atoms with Gasteiger partial charge in [-0.05, 0) is 48.0 Å². The van der Waals surface area contributed by atoms with Crippen LogP contribution in [0.4, 0.5) is 10.1 Å². The van der Waals surface area contributed by atoms with E-state index in [1.807, 2.05) is 0 Å². The largest absolute Gasteiger partial charge is 0.508 e. The molecule has 0 saturated carbocycles. The molecule has 3 aromatic carbocycles. The fourth-order valence-electron chi connectivity index (χ4n) is 3.30. The van der Waals surface area contributed by atoms with E-state index in [-0.39, 0.29) is 17.3 Å². The van der Waals surface area contributed by atoms with Gasteiger partial charge in [-0.2, -0.15) is 0 Å². The molecule has 0 radical (unpaired) electrons. The summed E-state index contributed by atoms with van der Waals surface area (Å²) in [6, 6.07) is 12.3. The SMILES string of the molecule is COc1cc(NC=CC(=O)c2ccc(O)cc2)c(C=Cc2cc(OC)c(OC)c(OC)c2)cc1F. The van der Waals surface area contributed by atoms with Crippen LogP contribution in [-0.4, -0.2) is 39.3 Å². The lowest BCUT2D eigenvalue weighted by atomic mass is 10.1. The van der Waals surface area contributed by atoms with Crippen molar-refractivity contribution in [1.29, 1.82) is 0 Å². The fourth-order valence-corrected chi connectivity index (χ4v) is 3.30. The minimum absolute atomic E-state index is 0.0516. The Morgan fingerprint density at radius 3 is 2.06 bits per heavy atom. The molecule has 3 rings (SSSR count). The number of ether oxygens (including phenoxy) is 4. The number of nitrogens with one attached hydrogen (secondary N) is 1. The number of phenols is 1. The third kappa shape index (κ3) is 6.11. The van der Waals surface area contributed by atoms with E-state index in [0.29, 0.717) is 34.1 Å². The molecular formula is C27H26FNO6. The molecule has 8 heteroatoms. The van der Waals surface area contributed by atoms with E-state index in [1.54, 1.807) is 24.3 Å². The van der Waals surface area contributed by atoms with Crippen LogP contribution in [-0.2, 0) is 0 Å². The van der Waals surface area contributed by atoms with Crippen molar-refractivity contribution in [3.63, 3.8) is 0 Å². The summed E-state index contributed by atoms with van der Waals surface area (Å²) in [5, 5.41) is 12.4. The summed E-state index contributed by atoms with van der Waals surface area (Å²) in [6.45, 7) is 0. The number of phenolic OH excluding ortho intramolecular Hbond substituents is 1. The smallest absolute Gasteiger partial charge is 0.203 e. The van der Waals surface area contributed by atoms with Crippen molar-refractivity contribution in [2.75, 3.05) is 33.8 Å². The molecule has 0 heterocycles. The number of carbonyl (C=O) groups is 1. The first-order valence-corrected chi connectivity index (χ1v) is 10.5. The highest BCUT2D eigenvalue weighted by molar-refractivity contribution is 6.04. The number of rotatable bonds is 10. The third-order valence-corrected chi connectivity index (χ3v) is 5.09. The first-order valence-electron chi connectivity index (χ1n) is 10.5. The molecule has 182 valence electrons. The monoisotopic (exact) mass is 479 g/mol. The summed E-state index contributed by atoms with van der Waals surface area (Å²) in [6.07, 6.45) is 6.27. The number of methoxy groups -OCH3 is 4. The van der Waals surface area contributed by atoms with Crippen molar-refractivity contribution < 1.29 is 33.2 Å². The Balaban J connectivity index is 1.90. The predicted molar refractivity (Wildman–Crippen MR) is 133 cm³/mol. The second-order valence-electron chi connectivity index (χ2n) is 7.25. The molecule has 0 aromatic heterocycles. The van der Waals surface area contributed by atoms with E-state index >= 15 is 0 Å². The van der Waals surface area contributed by atoms with E-state index in [1.165, 1.54) is 77.1 Å². The Morgan fingerprint density at radius 2 is 1.49 bits per heavy atom. The summed E-state index contributed by atoms with van der Waals surface area (Å²) in [4.78, 5) is 12.4. The highest BCUT2D eigenvalue weighted by atomic mass is 19.1. The van der Waals surface area contributed by atoms with Gasteiger partial charge in [-0.15, -0.1) is 0 Å². The molecule has 0 amide bonds. The summed E-state index contributed by atoms with van der Waals surface area (Å²) in [7, 11) is 5.95. The Kier molecular flexibility index (Phi) is 8.34. The minimum atomic E-state index is -0.535. The van der Waals surface area contributed by atoms with Crippen LogP contribution >= 0.6 is 0 Å². The first kappa shape index (κ1) is 25.2. The zero-order valence-electron chi connectivity index (χ0n) is 19.8. The van der Waals surface area contributed by atoms with Crippen LogP contribution in [0.5, 0.6) is 28.7 Å². The first-order chi connectivity index (χ1) is 16.9. The Morgan fingerprint density at radius 1 is 0.857 bits per heavy atom. The molecule has 0 unspecified atom stereocenters. The van der Waals surface area contributed by atoms with Crippen LogP contribution in [0.1, 0.15) is 21.5 Å². The van der Waals surface area contributed by atoms with Crippen molar-refractivity contribution in [2.24, 2.45) is 0 Å². The topological polar surface area (TPSA) is 86.3 Å². The zero-order valence-corrected chi connectivity index (χ0v) is 19.8. The molecule has 7 nitrogen and oxygen atoms in total. The van der Waals surface area contributed by atoms with E-state index in [4.69, 9.17) is 18.9 Å². The van der Waals surface area contributed by atoms with Crippen LogP contribution < -0.4 is 24.3 Å². The normalized spacial score (nSPS) is 11.0. The number of carbonyl (C=O) groups excluding carboxylic acids is 1. The molecule has 2 N–H and O–H groups in total. The average molecular weight is 480 g/mol.